The van der Waals surface area contributed by atoms with E-state index in [1.807, 2.05) is 6.20 Å². The number of aromatic nitrogens is 2. The highest BCUT2D eigenvalue weighted by atomic mass is 15.1. The third kappa shape index (κ3) is 2.10. The van der Waals surface area contributed by atoms with E-state index in [9.17, 15) is 0 Å². The lowest BCUT2D eigenvalue weighted by Gasteiger charge is -2.25. The predicted molar refractivity (Wildman–Crippen MR) is 52.4 cm³/mol. The van der Waals surface area contributed by atoms with Crippen molar-refractivity contribution < 1.29 is 0 Å². The number of aromatic amines is 1. The van der Waals surface area contributed by atoms with Crippen molar-refractivity contribution in [2.75, 3.05) is 6.54 Å². The van der Waals surface area contributed by atoms with Crippen LogP contribution < -0.4 is 5.32 Å². The Bertz CT molecular complexity index is 263. The fourth-order valence-corrected chi connectivity index (χ4v) is 1.66. The Morgan fingerprint density at radius 3 is 3.00 bits per heavy atom. The van der Waals surface area contributed by atoms with E-state index >= 15 is 0 Å². The molecule has 1 aromatic rings. The van der Waals surface area contributed by atoms with Gasteiger partial charge in [-0.2, -0.15) is 5.10 Å². The fraction of sp³-hybridized carbons (Fsp3) is 0.700. The largest absolute Gasteiger partial charge is 0.312 e. The Morgan fingerprint density at radius 2 is 2.46 bits per heavy atom. The highest BCUT2D eigenvalue weighted by Gasteiger charge is 2.16. The number of hydrogen-bond acceptors (Lipinski definition) is 2. The smallest absolute Gasteiger partial charge is 0.0535 e. The summed E-state index contributed by atoms with van der Waals surface area (Å²) in [5.74, 6) is 0.937. The molecule has 1 heterocycles. The lowest BCUT2D eigenvalue weighted by atomic mass is 9.85. The molecule has 0 aromatic carbocycles. The lowest BCUT2D eigenvalue weighted by molar-refractivity contribution is 0.301. The van der Waals surface area contributed by atoms with Crippen LogP contribution in [0.1, 0.15) is 30.5 Å². The molecule has 1 saturated carbocycles. The van der Waals surface area contributed by atoms with Gasteiger partial charge in [-0.1, -0.05) is 6.42 Å². The second kappa shape index (κ2) is 3.92. The molecule has 72 valence electrons. The van der Waals surface area contributed by atoms with Crippen molar-refractivity contribution in [3.8, 4) is 0 Å². The van der Waals surface area contributed by atoms with Crippen LogP contribution >= 0.6 is 0 Å². The Labute approximate surface area is 78.9 Å². The topological polar surface area (TPSA) is 40.7 Å². The molecule has 1 fully saturated rings. The van der Waals surface area contributed by atoms with E-state index in [4.69, 9.17) is 0 Å². The molecule has 3 nitrogen and oxygen atoms in total. The maximum atomic E-state index is 3.99. The highest BCUT2D eigenvalue weighted by molar-refractivity contribution is 5.13. The molecular formula is C10H17N3. The Kier molecular flexibility index (Phi) is 2.64. The van der Waals surface area contributed by atoms with Crippen molar-refractivity contribution in [2.24, 2.45) is 5.92 Å². The maximum absolute atomic E-state index is 3.99. The van der Waals surface area contributed by atoms with Gasteiger partial charge in [0.25, 0.3) is 0 Å². The van der Waals surface area contributed by atoms with Gasteiger partial charge in [-0.25, -0.2) is 0 Å². The summed E-state index contributed by atoms with van der Waals surface area (Å²) < 4.78 is 0. The first-order valence-corrected chi connectivity index (χ1v) is 5.06. The monoisotopic (exact) mass is 179 g/mol. The van der Waals surface area contributed by atoms with Gasteiger partial charge in [0, 0.05) is 17.8 Å². The summed E-state index contributed by atoms with van der Waals surface area (Å²) in [6.07, 6.45) is 6.16. The number of rotatable bonds is 4. The van der Waals surface area contributed by atoms with Gasteiger partial charge in [0.05, 0.1) is 6.20 Å². The molecule has 0 amide bonds. The molecule has 2 N–H and O–H groups in total. The Hall–Kier alpha value is -0.830. The summed E-state index contributed by atoms with van der Waals surface area (Å²) >= 11 is 0. The van der Waals surface area contributed by atoms with Gasteiger partial charge in [0.15, 0.2) is 0 Å². The zero-order valence-corrected chi connectivity index (χ0v) is 8.14. The molecule has 2 rings (SSSR count). The summed E-state index contributed by atoms with van der Waals surface area (Å²) in [6, 6.07) is 0. The molecule has 0 aliphatic heterocycles. The van der Waals surface area contributed by atoms with Crippen molar-refractivity contribution in [2.45, 2.75) is 32.7 Å². The molecule has 0 unspecified atom stereocenters. The van der Waals surface area contributed by atoms with Crippen LogP contribution in [0, 0.1) is 12.8 Å². The lowest BCUT2D eigenvalue weighted by Crippen LogP contribution is -2.26. The summed E-state index contributed by atoms with van der Waals surface area (Å²) in [5, 5.41) is 10.4. The zero-order chi connectivity index (χ0) is 9.10. The highest BCUT2D eigenvalue weighted by Crippen LogP contribution is 2.25. The first-order chi connectivity index (χ1) is 6.36. The van der Waals surface area contributed by atoms with E-state index < -0.39 is 0 Å². The molecule has 0 radical (unpaired) electrons. The summed E-state index contributed by atoms with van der Waals surface area (Å²) in [4.78, 5) is 0. The van der Waals surface area contributed by atoms with E-state index in [0.717, 1.165) is 12.5 Å². The number of nitrogens with zero attached hydrogens (tertiary/aromatic N) is 1. The molecule has 0 saturated heterocycles. The molecular weight excluding hydrogens is 162 g/mol. The normalized spacial score (nSPS) is 17.3. The Morgan fingerprint density at radius 1 is 1.62 bits per heavy atom. The molecule has 1 aromatic heterocycles. The van der Waals surface area contributed by atoms with Gasteiger partial charge in [0.2, 0.25) is 0 Å². The van der Waals surface area contributed by atoms with E-state index in [2.05, 4.69) is 22.4 Å². The predicted octanol–water partition coefficient (Wildman–Crippen LogP) is 1.61. The quantitative estimate of drug-likeness (QED) is 0.737. The number of H-pyrrole nitrogens is 1. The molecule has 3 heteroatoms. The molecule has 1 aliphatic carbocycles. The van der Waals surface area contributed by atoms with Crippen LogP contribution in [0.2, 0.25) is 0 Å². The summed E-state index contributed by atoms with van der Waals surface area (Å²) in [6.45, 7) is 4.19. The van der Waals surface area contributed by atoms with Crippen molar-refractivity contribution >= 4 is 0 Å². The molecule has 0 bridgehead atoms. The molecule has 0 atom stereocenters. The van der Waals surface area contributed by atoms with Crippen molar-refractivity contribution in [1.82, 2.24) is 15.5 Å². The Balaban J connectivity index is 1.70. The third-order valence-corrected chi connectivity index (χ3v) is 2.91. The number of hydrogen-bond donors (Lipinski definition) is 2. The average Bonchev–Trinajstić information content (AvgIpc) is 2.42. The van der Waals surface area contributed by atoms with Gasteiger partial charge >= 0.3 is 0 Å². The molecule has 1 aliphatic rings. The van der Waals surface area contributed by atoms with Crippen molar-refractivity contribution in [3.05, 3.63) is 17.5 Å². The minimum atomic E-state index is 0.937. The zero-order valence-electron chi connectivity index (χ0n) is 8.14. The van der Waals surface area contributed by atoms with Crippen LogP contribution in [-0.2, 0) is 6.54 Å². The minimum Gasteiger partial charge on any atom is -0.312 e. The SMILES string of the molecule is Cc1[nH]ncc1CNCC1CCC1. The number of aryl methyl sites for hydroxylation is 1. The molecule has 13 heavy (non-hydrogen) atoms. The van der Waals surface area contributed by atoms with Gasteiger partial charge in [0.1, 0.15) is 0 Å². The van der Waals surface area contributed by atoms with E-state index in [-0.39, 0.29) is 0 Å². The van der Waals surface area contributed by atoms with Crippen LogP contribution in [0.15, 0.2) is 6.20 Å². The minimum absolute atomic E-state index is 0.937. The maximum Gasteiger partial charge on any atom is 0.0535 e. The van der Waals surface area contributed by atoms with Crippen LogP contribution in [0.25, 0.3) is 0 Å². The molecule has 0 spiro atoms. The van der Waals surface area contributed by atoms with Crippen LogP contribution in [-0.4, -0.2) is 16.7 Å². The first kappa shape index (κ1) is 8.75. The van der Waals surface area contributed by atoms with Gasteiger partial charge in [-0.3, -0.25) is 5.10 Å². The first-order valence-electron chi connectivity index (χ1n) is 5.06. The van der Waals surface area contributed by atoms with Crippen LogP contribution in [0.4, 0.5) is 0 Å². The third-order valence-electron chi connectivity index (χ3n) is 2.91. The van der Waals surface area contributed by atoms with Gasteiger partial charge in [-0.15, -0.1) is 0 Å². The standard InChI is InChI=1S/C10H17N3/c1-8-10(7-12-13-8)6-11-5-9-3-2-4-9/h7,9,11H,2-6H2,1H3,(H,12,13). The second-order valence-electron chi connectivity index (χ2n) is 3.95. The second-order valence-corrected chi connectivity index (χ2v) is 3.95. The fourth-order valence-electron chi connectivity index (χ4n) is 1.66. The van der Waals surface area contributed by atoms with E-state index in [0.29, 0.717) is 0 Å². The van der Waals surface area contributed by atoms with Gasteiger partial charge < -0.3 is 5.32 Å². The van der Waals surface area contributed by atoms with Gasteiger partial charge in [-0.05, 0) is 32.2 Å². The average molecular weight is 179 g/mol. The van der Waals surface area contributed by atoms with Crippen LogP contribution in [0.5, 0.6) is 0 Å². The summed E-state index contributed by atoms with van der Waals surface area (Å²) in [7, 11) is 0. The van der Waals surface area contributed by atoms with Crippen molar-refractivity contribution in [1.29, 1.82) is 0 Å². The number of nitrogens with one attached hydrogen (secondary N) is 2. The van der Waals surface area contributed by atoms with E-state index in [1.165, 1.54) is 37.1 Å². The summed E-state index contributed by atoms with van der Waals surface area (Å²) in [5.41, 5.74) is 2.47. The van der Waals surface area contributed by atoms with Crippen LogP contribution in [0.3, 0.4) is 0 Å². The van der Waals surface area contributed by atoms with E-state index in [1.54, 1.807) is 0 Å². The van der Waals surface area contributed by atoms with Crippen molar-refractivity contribution in [3.63, 3.8) is 0 Å².